The van der Waals surface area contributed by atoms with Crippen LogP contribution < -0.4 is 14.8 Å². The minimum absolute atomic E-state index is 0.0459. The highest BCUT2D eigenvalue weighted by Crippen LogP contribution is 2.60. The Kier molecular flexibility index (Phi) is 7.18. The molecule has 0 unspecified atom stereocenters. The Morgan fingerprint density at radius 3 is 2.36 bits per heavy atom. The summed E-state index contributed by atoms with van der Waals surface area (Å²) in [5.41, 5.74) is 3.37. The second-order valence-electron chi connectivity index (χ2n) is 8.48. The molecule has 1 aromatic heterocycles. The molecule has 5 nitrogen and oxygen atoms in total. The third-order valence-corrected chi connectivity index (χ3v) is 6.44. The van der Waals surface area contributed by atoms with E-state index < -0.39 is 0 Å². The van der Waals surface area contributed by atoms with Gasteiger partial charge in [-0.3, -0.25) is 4.79 Å². The normalized spacial score (nSPS) is 16.5. The van der Waals surface area contributed by atoms with Crippen LogP contribution in [0.4, 0.5) is 0 Å². The van der Waals surface area contributed by atoms with E-state index in [2.05, 4.69) is 29.6 Å². The van der Waals surface area contributed by atoms with E-state index in [4.69, 9.17) is 13.9 Å². The van der Waals surface area contributed by atoms with Crippen molar-refractivity contribution in [3.8, 4) is 11.5 Å². The number of nitrogens with one attached hydrogen (secondary N) is 1. The van der Waals surface area contributed by atoms with Gasteiger partial charge in [0.25, 0.3) is 0 Å². The monoisotopic (exact) mass is 445 g/mol. The average Bonchev–Trinajstić information content (AvgIpc) is 3.37. The van der Waals surface area contributed by atoms with Crippen LogP contribution in [-0.2, 0) is 16.6 Å². The summed E-state index contributed by atoms with van der Waals surface area (Å²) in [4.78, 5) is 12.4. The summed E-state index contributed by atoms with van der Waals surface area (Å²) < 4.78 is 16.0. The van der Waals surface area contributed by atoms with Gasteiger partial charge >= 0.3 is 0 Å². The van der Waals surface area contributed by atoms with Crippen molar-refractivity contribution in [1.82, 2.24) is 5.32 Å². The Balaban J connectivity index is 1.40. The predicted octanol–water partition coefficient (Wildman–Crippen LogP) is 5.30. The fourth-order valence-electron chi connectivity index (χ4n) is 4.51. The first-order chi connectivity index (χ1) is 16.2. The molecule has 0 aliphatic heterocycles. The first-order valence-electron chi connectivity index (χ1n) is 11.4. The number of furan rings is 1. The Bertz CT molecular complexity index is 1040. The van der Waals surface area contributed by atoms with Crippen molar-refractivity contribution in [2.24, 2.45) is 5.92 Å². The number of amides is 1. The maximum absolute atomic E-state index is 12.4. The molecule has 3 aromatic rings. The van der Waals surface area contributed by atoms with Crippen molar-refractivity contribution in [1.29, 1.82) is 0 Å². The van der Waals surface area contributed by atoms with E-state index in [0.29, 0.717) is 6.54 Å². The molecule has 0 spiro atoms. The number of unbranched alkanes of at least 4 members (excludes halogenated alkanes) is 1. The Morgan fingerprint density at radius 2 is 1.76 bits per heavy atom. The number of benzene rings is 2. The number of ether oxygens (including phenoxy) is 2. The molecular formula is C28H31NO4. The number of carbonyl (C=O) groups excluding carboxylic acids is 1. The highest BCUT2D eigenvalue weighted by Gasteiger charge is 2.55. The van der Waals surface area contributed by atoms with Crippen LogP contribution in [-0.4, -0.2) is 26.7 Å². The summed E-state index contributed by atoms with van der Waals surface area (Å²) in [6.45, 7) is 0.669. The summed E-state index contributed by atoms with van der Waals surface area (Å²) in [6, 6.07) is 18.4. The average molecular weight is 446 g/mol. The zero-order valence-corrected chi connectivity index (χ0v) is 19.3. The van der Waals surface area contributed by atoms with Crippen LogP contribution in [0, 0.1) is 5.92 Å². The van der Waals surface area contributed by atoms with Crippen molar-refractivity contribution < 1.29 is 18.7 Å². The van der Waals surface area contributed by atoms with Crippen LogP contribution in [0.1, 0.15) is 36.0 Å². The summed E-state index contributed by atoms with van der Waals surface area (Å²) in [6.07, 6.45) is 11.0. The van der Waals surface area contributed by atoms with Gasteiger partial charge in [0, 0.05) is 12.0 Å². The maximum Gasteiger partial charge on any atom is 0.243 e. The van der Waals surface area contributed by atoms with Crippen molar-refractivity contribution in [3.05, 3.63) is 96.0 Å². The topological polar surface area (TPSA) is 60.7 Å². The van der Waals surface area contributed by atoms with Gasteiger partial charge in [-0.1, -0.05) is 30.3 Å². The minimum atomic E-state index is -0.190. The summed E-state index contributed by atoms with van der Waals surface area (Å²) in [5.74, 6) is 1.84. The molecule has 2 aromatic carbocycles. The van der Waals surface area contributed by atoms with Crippen molar-refractivity contribution in [2.45, 2.75) is 31.1 Å². The third kappa shape index (κ3) is 5.30. The number of allylic oxidation sites excluding steroid dienone is 1. The zero-order valence-electron chi connectivity index (χ0n) is 19.3. The van der Waals surface area contributed by atoms with Gasteiger partial charge in [0.05, 0.1) is 26.7 Å². The molecule has 1 fully saturated rings. The highest BCUT2D eigenvalue weighted by atomic mass is 16.5. The SMILES string of the molecule is COc1cccc(C2(c3cccc(OC)c3)C[C@H]2C=CC(=O)NCCCCc2ccoc2)c1. The largest absolute Gasteiger partial charge is 0.497 e. The van der Waals surface area contributed by atoms with Gasteiger partial charge in [-0.05, 0) is 84.7 Å². The van der Waals surface area contributed by atoms with E-state index >= 15 is 0 Å². The molecule has 172 valence electrons. The predicted molar refractivity (Wildman–Crippen MR) is 129 cm³/mol. The second kappa shape index (κ2) is 10.4. The molecule has 1 N–H and O–H groups in total. The first-order valence-corrected chi connectivity index (χ1v) is 11.4. The van der Waals surface area contributed by atoms with Gasteiger partial charge in [0.15, 0.2) is 0 Å². The summed E-state index contributed by atoms with van der Waals surface area (Å²) in [7, 11) is 3.36. The van der Waals surface area contributed by atoms with Gasteiger partial charge in [-0.25, -0.2) is 0 Å². The number of methoxy groups -OCH3 is 2. The molecule has 4 rings (SSSR count). The molecule has 0 bridgehead atoms. The summed E-state index contributed by atoms with van der Waals surface area (Å²) in [5, 5.41) is 3.00. The molecule has 1 aliphatic carbocycles. The van der Waals surface area contributed by atoms with Crippen LogP contribution in [0.15, 0.2) is 83.7 Å². The lowest BCUT2D eigenvalue weighted by molar-refractivity contribution is -0.116. The lowest BCUT2D eigenvalue weighted by atomic mass is 9.85. The van der Waals surface area contributed by atoms with E-state index in [1.807, 2.05) is 36.4 Å². The van der Waals surface area contributed by atoms with Crippen LogP contribution in [0.2, 0.25) is 0 Å². The van der Waals surface area contributed by atoms with E-state index in [9.17, 15) is 4.79 Å². The van der Waals surface area contributed by atoms with Gasteiger partial charge < -0.3 is 19.2 Å². The van der Waals surface area contributed by atoms with E-state index in [-0.39, 0.29) is 17.2 Å². The van der Waals surface area contributed by atoms with E-state index in [1.165, 1.54) is 16.7 Å². The number of aryl methyl sites for hydroxylation is 1. The molecule has 0 radical (unpaired) electrons. The standard InChI is InChI=1S/C28H31NO4/c1-31-25-10-5-8-22(17-25)28(23-9-6-11-26(18-23)32-2)19-24(28)12-13-27(30)29-15-4-3-7-21-14-16-33-20-21/h5-6,8-14,16-18,20,24H,3-4,7,15,19H2,1-2H3,(H,29,30)/t24-/m1/s1. The van der Waals surface area contributed by atoms with Crippen molar-refractivity contribution >= 4 is 5.91 Å². The van der Waals surface area contributed by atoms with Crippen LogP contribution in [0.3, 0.4) is 0 Å². The Labute approximate surface area is 195 Å². The molecule has 33 heavy (non-hydrogen) atoms. The zero-order chi connectivity index (χ0) is 23.1. The first kappa shape index (κ1) is 22.7. The molecule has 1 heterocycles. The molecule has 0 saturated heterocycles. The van der Waals surface area contributed by atoms with Crippen LogP contribution in [0.25, 0.3) is 0 Å². The minimum Gasteiger partial charge on any atom is -0.497 e. The second-order valence-corrected chi connectivity index (χ2v) is 8.48. The van der Waals surface area contributed by atoms with E-state index in [1.54, 1.807) is 32.8 Å². The molecule has 5 heteroatoms. The molecular weight excluding hydrogens is 414 g/mol. The maximum atomic E-state index is 12.4. The van der Waals surface area contributed by atoms with Crippen molar-refractivity contribution in [3.63, 3.8) is 0 Å². The summed E-state index contributed by atoms with van der Waals surface area (Å²) >= 11 is 0. The van der Waals surface area contributed by atoms with Crippen LogP contribution in [0.5, 0.6) is 11.5 Å². The number of carbonyl (C=O) groups is 1. The van der Waals surface area contributed by atoms with Crippen molar-refractivity contribution in [2.75, 3.05) is 20.8 Å². The highest BCUT2D eigenvalue weighted by molar-refractivity contribution is 5.87. The Hall–Kier alpha value is -3.47. The molecule has 1 saturated carbocycles. The fourth-order valence-corrected chi connectivity index (χ4v) is 4.51. The van der Waals surface area contributed by atoms with Gasteiger partial charge in [-0.15, -0.1) is 0 Å². The fraction of sp³-hybridized carbons (Fsp3) is 0.321. The van der Waals surface area contributed by atoms with Gasteiger partial charge in [0.2, 0.25) is 5.91 Å². The van der Waals surface area contributed by atoms with Gasteiger partial charge in [0.1, 0.15) is 11.5 Å². The molecule has 1 atom stereocenters. The molecule has 1 aliphatic rings. The lowest BCUT2D eigenvalue weighted by Gasteiger charge is -2.20. The number of hydrogen-bond donors (Lipinski definition) is 1. The number of rotatable bonds is 11. The third-order valence-electron chi connectivity index (χ3n) is 6.44. The number of hydrogen-bond acceptors (Lipinski definition) is 4. The van der Waals surface area contributed by atoms with Crippen LogP contribution >= 0.6 is 0 Å². The smallest absolute Gasteiger partial charge is 0.243 e. The quantitative estimate of drug-likeness (QED) is 0.321. The Morgan fingerprint density at radius 1 is 1.06 bits per heavy atom. The molecule has 1 amide bonds. The van der Waals surface area contributed by atoms with Gasteiger partial charge in [-0.2, -0.15) is 0 Å². The van der Waals surface area contributed by atoms with E-state index in [0.717, 1.165) is 37.2 Å². The lowest BCUT2D eigenvalue weighted by Crippen LogP contribution is -2.22.